The first-order valence-corrected chi connectivity index (χ1v) is 6.34. The standard InChI is InChI=1S/C14H21NO4/c1-10(2)6-7-18-8-9-19-12-5-3-4-11(15)13(12)14(16)17/h3-5,10H,6-9,15H2,1-2H3,(H,16,17). The topological polar surface area (TPSA) is 81.8 Å². The number of nitrogens with two attached hydrogens (primary N) is 1. The highest BCUT2D eigenvalue weighted by Gasteiger charge is 2.14. The summed E-state index contributed by atoms with van der Waals surface area (Å²) in [6, 6.07) is 4.79. The van der Waals surface area contributed by atoms with Gasteiger partial charge in [0.2, 0.25) is 0 Å². The molecular formula is C14H21NO4. The molecule has 0 aliphatic rings. The third kappa shape index (κ3) is 5.18. The lowest BCUT2D eigenvalue weighted by atomic mass is 10.1. The molecule has 1 rings (SSSR count). The van der Waals surface area contributed by atoms with Gasteiger partial charge in [0, 0.05) is 12.3 Å². The van der Waals surface area contributed by atoms with Crippen molar-refractivity contribution in [2.45, 2.75) is 20.3 Å². The molecule has 0 saturated carbocycles. The van der Waals surface area contributed by atoms with Crippen LogP contribution in [0.2, 0.25) is 0 Å². The molecule has 0 amide bonds. The molecular weight excluding hydrogens is 246 g/mol. The summed E-state index contributed by atoms with van der Waals surface area (Å²) < 4.78 is 10.8. The number of anilines is 1. The van der Waals surface area contributed by atoms with E-state index in [0.717, 1.165) is 6.42 Å². The minimum Gasteiger partial charge on any atom is -0.490 e. The Kier molecular flexibility index (Phi) is 6.15. The summed E-state index contributed by atoms with van der Waals surface area (Å²) in [4.78, 5) is 11.1. The molecule has 106 valence electrons. The molecule has 1 aromatic rings. The molecule has 0 atom stereocenters. The minimum absolute atomic E-state index is 0.00433. The zero-order chi connectivity index (χ0) is 14.3. The molecule has 1 aromatic carbocycles. The minimum atomic E-state index is -1.09. The lowest BCUT2D eigenvalue weighted by Gasteiger charge is -2.11. The van der Waals surface area contributed by atoms with E-state index in [-0.39, 0.29) is 17.0 Å². The van der Waals surface area contributed by atoms with Gasteiger partial charge in [0.1, 0.15) is 17.9 Å². The first kappa shape index (κ1) is 15.3. The van der Waals surface area contributed by atoms with E-state index >= 15 is 0 Å². The smallest absolute Gasteiger partial charge is 0.341 e. The Labute approximate surface area is 113 Å². The molecule has 0 radical (unpaired) electrons. The highest BCUT2D eigenvalue weighted by Crippen LogP contribution is 2.24. The van der Waals surface area contributed by atoms with E-state index < -0.39 is 5.97 Å². The summed E-state index contributed by atoms with van der Waals surface area (Å²) in [6.45, 7) is 5.68. The van der Waals surface area contributed by atoms with Crippen molar-refractivity contribution >= 4 is 11.7 Å². The van der Waals surface area contributed by atoms with Gasteiger partial charge in [-0.2, -0.15) is 0 Å². The van der Waals surface area contributed by atoms with Gasteiger partial charge in [-0.15, -0.1) is 0 Å². The van der Waals surface area contributed by atoms with Crippen LogP contribution in [0.15, 0.2) is 18.2 Å². The van der Waals surface area contributed by atoms with Gasteiger partial charge >= 0.3 is 5.97 Å². The van der Waals surface area contributed by atoms with Gasteiger partial charge in [-0.05, 0) is 24.5 Å². The van der Waals surface area contributed by atoms with Crippen LogP contribution in [-0.4, -0.2) is 30.9 Å². The Balaban J connectivity index is 2.41. The van der Waals surface area contributed by atoms with Crippen LogP contribution in [0.1, 0.15) is 30.6 Å². The number of carbonyl (C=O) groups is 1. The number of rotatable bonds is 8. The highest BCUT2D eigenvalue weighted by atomic mass is 16.5. The first-order valence-electron chi connectivity index (χ1n) is 6.34. The number of nitrogen functional groups attached to an aromatic ring is 1. The molecule has 0 aliphatic carbocycles. The van der Waals surface area contributed by atoms with Gasteiger partial charge in [-0.25, -0.2) is 4.79 Å². The van der Waals surface area contributed by atoms with Crippen molar-refractivity contribution in [1.29, 1.82) is 0 Å². The van der Waals surface area contributed by atoms with Crippen LogP contribution >= 0.6 is 0 Å². The predicted molar refractivity (Wildman–Crippen MR) is 73.6 cm³/mol. The fourth-order valence-corrected chi connectivity index (χ4v) is 1.53. The Bertz CT molecular complexity index is 418. The van der Waals surface area contributed by atoms with Crippen molar-refractivity contribution in [3.8, 4) is 5.75 Å². The van der Waals surface area contributed by atoms with Gasteiger partial charge in [0.15, 0.2) is 0 Å². The lowest BCUT2D eigenvalue weighted by Crippen LogP contribution is -2.12. The highest BCUT2D eigenvalue weighted by molar-refractivity contribution is 5.96. The largest absolute Gasteiger partial charge is 0.490 e. The van der Waals surface area contributed by atoms with Crippen molar-refractivity contribution in [1.82, 2.24) is 0 Å². The Morgan fingerprint density at radius 3 is 2.68 bits per heavy atom. The summed E-state index contributed by atoms with van der Waals surface area (Å²) in [5.41, 5.74) is 5.82. The third-order valence-electron chi connectivity index (χ3n) is 2.60. The maximum absolute atomic E-state index is 11.1. The van der Waals surface area contributed by atoms with E-state index in [0.29, 0.717) is 25.7 Å². The maximum atomic E-state index is 11.1. The van der Waals surface area contributed by atoms with E-state index in [2.05, 4.69) is 13.8 Å². The van der Waals surface area contributed by atoms with Gasteiger partial charge in [0.05, 0.1) is 6.61 Å². The normalized spacial score (nSPS) is 10.7. The van der Waals surface area contributed by atoms with Crippen LogP contribution in [0, 0.1) is 5.92 Å². The molecule has 0 bridgehead atoms. The summed E-state index contributed by atoms with van der Waals surface area (Å²) in [5, 5.41) is 9.06. The second kappa shape index (κ2) is 7.63. The lowest BCUT2D eigenvalue weighted by molar-refractivity contribution is 0.0684. The van der Waals surface area contributed by atoms with Gasteiger partial charge in [-0.3, -0.25) is 0 Å². The van der Waals surface area contributed by atoms with Crippen LogP contribution < -0.4 is 10.5 Å². The molecule has 3 N–H and O–H groups in total. The second-order valence-corrected chi connectivity index (χ2v) is 4.67. The third-order valence-corrected chi connectivity index (χ3v) is 2.60. The molecule has 5 nitrogen and oxygen atoms in total. The summed E-state index contributed by atoms with van der Waals surface area (Å²) in [6.07, 6.45) is 0.999. The number of hydrogen-bond acceptors (Lipinski definition) is 4. The van der Waals surface area contributed by atoms with Gasteiger partial charge in [0.25, 0.3) is 0 Å². The van der Waals surface area contributed by atoms with Crippen LogP contribution in [0.5, 0.6) is 5.75 Å². The molecule has 0 heterocycles. The number of hydrogen-bond donors (Lipinski definition) is 2. The quantitative estimate of drug-likeness (QED) is 0.558. The number of carboxylic acids is 1. The Morgan fingerprint density at radius 2 is 2.05 bits per heavy atom. The molecule has 5 heteroatoms. The van der Waals surface area contributed by atoms with Crippen LogP contribution in [0.25, 0.3) is 0 Å². The molecule has 0 fully saturated rings. The maximum Gasteiger partial charge on any atom is 0.341 e. The fraction of sp³-hybridized carbons (Fsp3) is 0.500. The fourth-order valence-electron chi connectivity index (χ4n) is 1.53. The van der Waals surface area contributed by atoms with E-state index in [1.807, 2.05) is 0 Å². The Hall–Kier alpha value is -1.75. The van der Waals surface area contributed by atoms with Crippen molar-refractivity contribution in [2.75, 3.05) is 25.6 Å². The summed E-state index contributed by atoms with van der Waals surface area (Å²) >= 11 is 0. The summed E-state index contributed by atoms with van der Waals surface area (Å²) in [7, 11) is 0. The number of carboxylic acid groups (broad SMARTS) is 1. The zero-order valence-electron chi connectivity index (χ0n) is 11.4. The van der Waals surface area contributed by atoms with Crippen LogP contribution in [0.4, 0.5) is 5.69 Å². The SMILES string of the molecule is CC(C)CCOCCOc1cccc(N)c1C(=O)O. The molecule has 0 aliphatic heterocycles. The molecule has 0 aromatic heterocycles. The summed E-state index contributed by atoms with van der Waals surface area (Å²) in [5.74, 6) is -0.206. The van der Waals surface area contributed by atoms with E-state index in [4.69, 9.17) is 20.3 Å². The predicted octanol–water partition coefficient (Wildman–Crippen LogP) is 2.41. The monoisotopic (exact) mass is 267 g/mol. The van der Waals surface area contributed by atoms with Crippen molar-refractivity contribution in [3.05, 3.63) is 23.8 Å². The zero-order valence-corrected chi connectivity index (χ0v) is 11.4. The number of ether oxygens (including phenoxy) is 2. The van der Waals surface area contributed by atoms with Crippen LogP contribution in [0.3, 0.4) is 0 Å². The molecule has 19 heavy (non-hydrogen) atoms. The van der Waals surface area contributed by atoms with Gasteiger partial charge in [-0.1, -0.05) is 19.9 Å². The van der Waals surface area contributed by atoms with Gasteiger partial charge < -0.3 is 20.3 Å². The number of aromatic carboxylic acids is 1. The first-order chi connectivity index (χ1) is 9.02. The average molecular weight is 267 g/mol. The number of benzene rings is 1. The second-order valence-electron chi connectivity index (χ2n) is 4.67. The molecule has 0 unspecified atom stereocenters. The van der Waals surface area contributed by atoms with Crippen LogP contribution in [-0.2, 0) is 4.74 Å². The Morgan fingerprint density at radius 1 is 1.32 bits per heavy atom. The average Bonchev–Trinajstić information content (AvgIpc) is 2.32. The molecule has 0 spiro atoms. The van der Waals surface area contributed by atoms with Crippen molar-refractivity contribution in [2.24, 2.45) is 5.92 Å². The van der Waals surface area contributed by atoms with Crippen molar-refractivity contribution in [3.63, 3.8) is 0 Å². The van der Waals surface area contributed by atoms with Crippen molar-refractivity contribution < 1.29 is 19.4 Å². The van der Waals surface area contributed by atoms with E-state index in [9.17, 15) is 4.79 Å². The molecule has 0 saturated heterocycles. The van der Waals surface area contributed by atoms with E-state index in [1.54, 1.807) is 12.1 Å². The van der Waals surface area contributed by atoms with E-state index in [1.165, 1.54) is 6.07 Å².